The number of anilines is 4. The van der Waals surface area contributed by atoms with Crippen LogP contribution >= 0.6 is 0 Å². The third kappa shape index (κ3) is 4.64. The number of carbonyl (C=O) groups is 1. The Morgan fingerprint density at radius 1 is 0.926 bits per heavy atom. The summed E-state index contributed by atoms with van der Waals surface area (Å²) in [7, 11) is 4.01. The number of pyridine rings is 1. The van der Waals surface area contributed by atoms with Crippen molar-refractivity contribution in [1.82, 2.24) is 4.98 Å². The summed E-state index contributed by atoms with van der Waals surface area (Å²) in [6.07, 6.45) is 3.27. The van der Waals surface area contributed by atoms with Gasteiger partial charge in [0.05, 0.1) is 17.4 Å². The van der Waals surface area contributed by atoms with Gasteiger partial charge in [-0.15, -0.1) is 0 Å². The zero-order valence-electron chi connectivity index (χ0n) is 16.1. The third-order valence-electron chi connectivity index (χ3n) is 4.30. The highest BCUT2D eigenvalue weighted by Crippen LogP contribution is 2.21. The van der Waals surface area contributed by atoms with Crippen molar-refractivity contribution in [2.75, 3.05) is 29.6 Å². The fourth-order valence-electron chi connectivity index (χ4n) is 2.79. The second kappa shape index (κ2) is 7.91. The van der Waals surface area contributed by atoms with E-state index in [4.69, 9.17) is 0 Å². The number of nitrogens with zero attached hydrogens (tertiary/aromatic N) is 2. The molecule has 3 aromatic rings. The highest BCUT2D eigenvalue weighted by Gasteiger charge is 2.09. The lowest BCUT2D eigenvalue weighted by Gasteiger charge is -2.14. The first kappa shape index (κ1) is 18.5. The van der Waals surface area contributed by atoms with Gasteiger partial charge < -0.3 is 15.5 Å². The van der Waals surface area contributed by atoms with Gasteiger partial charge in [0, 0.05) is 37.4 Å². The SMILES string of the molecule is Cc1ccc(NC(=O)c2cncc(Nc3ccc(N(C)C)cc3)c2)c(C)c1. The van der Waals surface area contributed by atoms with Crippen LogP contribution in [-0.4, -0.2) is 25.0 Å². The van der Waals surface area contributed by atoms with Gasteiger partial charge in [-0.2, -0.15) is 0 Å². The molecule has 5 heteroatoms. The standard InChI is InChI=1S/C22H24N4O/c1-15-5-10-21(16(2)11-15)25-22(27)17-12-19(14-23-13-17)24-18-6-8-20(9-7-18)26(3)4/h5-14,24H,1-4H3,(H,25,27). The largest absolute Gasteiger partial charge is 0.378 e. The lowest BCUT2D eigenvalue weighted by atomic mass is 10.1. The Morgan fingerprint density at radius 2 is 1.67 bits per heavy atom. The number of amides is 1. The average molecular weight is 360 g/mol. The van der Waals surface area contributed by atoms with Crippen molar-refractivity contribution in [3.8, 4) is 0 Å². The molecule has 138 valence electrons. The summed E-state index contributed by atoms with van der Waals surface area (Å²) < 4.78 is 0. The molecule has 1 heterocycles. The summed E-state index contributed by atoms with van der Waals surface area (Å²) in [6, 6.07) is 15.8. The Hall–Kier alpha value is -3.34. The number of rotatable bonds is 5. The number of aromatic nitrogens is 1. The van der Waals surface area contributed by atoms with Crippen LogP contribution in [0.4, 0.5) is 22.7 Å². The van der Waals surface area contributed by atoms with E-state index in [1.165, 1.54) is 5.56 Å². The molecular formula is C22H24N4O. The van der Waals surface area contributed by atoms with E-state index >= 15 is 0 Å². The summed E-state index contributed by atoms with van der Waals surface area (Å²) in [5, 5.41) is 6.24. The maximum absolute atomic E-state index is 12.6. The molecule has 2 aromatic carbocycles. The van der Waals surface area contributed by atoms with E-state index in [9.17, 15) is 4.79 Å². The highest BCUT2D eigenvalue weighted by molar-refractivity contribution is 6.05. The van der Waals surface area contributed by atoms with Crippen LogP contribution in [-0.2, 0) is 0 Å². The monoisotopic (exact) mass is 360 g/mol. The van der Waals surface area contributed by atoms with Gasteiger partial charge in [-0.3, -0.25) is 9.78 Å². The van der Waals surface area contributed by atoms with Crippen LogP contribution in [0.2, 0.25) is 0 Å². The average Bonchev–Trinajstić information content (AvgIpc) is 2.64. The zero-order valence-corrected chi connectivity index (χ0v) is 16.1. The van der Waals surface area contributed by atoms with Crippen molar-refractivity contribution in [2.45, 2.75) is 13.8 Å². The van der Waals surface area contributed by atoms with E-state index in [0.717, 1.165) is 28.3 Å². The zero-order chi connectivity index (χ0) is 19.4. The van der Waals surface area contributed by atoms with E-state index in [1.54, 1.807) is 18.5 Å². The number of nitrogens with one attached hydrogen (secondary N) is 2. The highest BCUT2D eigenvalue weighted by atomic mass is 16.1. The van der Waals surface area contributed by atoms with E-state index in [1.807, 2.05) is 75.3 Å². The number of hydrogen-bond donors (Lipinski definition) is 2. The van der Waals surface area contributed by atoms with Gasteiger partial charge in [0.2, 0.25) is 0 Å². The molecule has 0 spiro atoms. The van der Waals surface area contributed by atoms with E-state index in [2.05, 4.69) is 15.6 Å². The first-order valence-electron chi connectivity index (χ1n) is 8.80. The van der Waals surface area contributed by atoms with E-state index < -0.39 is 0 Å². The molecule has 0 unspecified atom stereocenters. The molecule has 0 aliphatic rings. The van der Waals surface area contributed by atoms with Gasteiger partial charge in [0.15, 0.2) is 0 Å². The Balaban J connectivity index is 1.73. The topological polar surface area (TPSA) is 57.3 Å². The molecule has 1 amide bonds. The van der Waals surface area contributed by atoms with Gasteiger partial charge in [0.25, 0.3) is 5.91 Å². The van der Waals surface area contributed by atoms with Crippen molar-refractivity contribution >= 4 is 28.7 Å². The molecule has 5 nitrogen and oxygen atoms in total. The van der Waals surface area contributed by atoms with Crippen LogP contribution in [0.5, 0.6) is 0 Å². The number of aryl methyl sites for hydroxylation is 2. The quantitative estimate of drug-likeness (QED) is 0.689. The van der Waals surface area contributed by atoms with Crippen LogP contribution in [0.25, 0.3) is 0 Å². The third-order valence-corrected chi connectivity index (χ3v) is 4.30. The molecule has 0 saturated heterocycles. The van der Waals surface area contributed by atoms with Crippen LogP contribution < -0.4 is 15.5 Å². The number of hydrogen-bond acceptors (Lipinski definition) is 4. The summed E-state index contributed by atoms with van der Waals surface area (Å²) >= 11 is 0. The number of carbonyl (C=O) groups excluding carboxylic acids is 1. The Bertz CT molecular complexity index is 949. The minimum absolute atomic E-state index is 0.180. The second-order valence-corrected chi connectivity index (χ2v) is 6.80. The van der Waals surface area contributed by atoms with E-state index in [0.29, 0.717) is 5.56 Å². The molecule has 0 atom stereocenters. The summed E-state index contributed by atoms with van der Waals surface area (Å²) in [5.41, 5.74) is 6.34. The van der Waals surface area contributed by atoms with Crippen molar-refractivity contribution in [2.24, 2.45) is 0 Å². The molecule has 0 fully saturated rings. The molecule has 1 aromatic heterocycles. The minimum atomic E-state index is -0.180. The van der Waals surface area contributed by atoms with Gasteiger partial charge >= 0.3 is 0 Å². The van der Waals surface area contributed by atoms with Crippen molar-refractivity contribution < 1.29 is 4.79 Å². The molecule has 27 heavy (non-hydrogen) atoms. The fraction of sp³-hybridized carbons (Fsp3) is 0.182. The first-order valence-corrected chi connectivity index (χ1v) is 8.80. The van der Waals surface area contributed by atoms with Crippen molar-refractivity contribution in [3.05, 3.63) is 77.6 Å². The van der Waals surface area contributed by atoms with Gasteiger partial charge in [0.1, 0.15) is 0 Å². The summed E-state index contributed by atoms with van der Waals surface area (Å²) in [6.45, 7) is 4.01. The molecule has 0 bridgehead atoms. The Kier molecular flexibility index (Phi) is 5.41. The molecule has 3 rings (SSSR count). The smallest absolute Gasteiger partial charge is 0.257 e. The first-order chi connectivity index (χ1) is 12.9. The molecule has 0 saturated carbocycles. The van der Waals surface area contributed by atoms with Crippen LogP contribution in [0.3, 0.4) is 0 Å². The van der Waals surface area contributed by atoms with Gasteiger partial charge in [-0.1, -0.05) is 17.7 Å². The minimum Gasteiger partial charge on any atom is -0.378 e. The predicted molar refractivity (Wildman–Crippen MR) is 112 cm³/mol. The Morgan fingerprint density at radius 3 is 2.33 bits per heavy atom. The predicted octanol–water partition coefficient (Wildman–Crippen LogP) is 4.76. The molecular weight excluding hydrogens is 336 g/mol. The fourth-order valence-corrected chi connectivity index (χ4v) is 2.79. The van der Waals surface area contributed by atoms with E-state index in [-0.39, 0.29) is 5.91 Å². The maximum atomic E-state index is 12.6. The lowest BCUT2D eigenvalue weighted by molar-refractivity contribution is 0.102. The molecule has 0 radical (unpaired) electrons. The summed E-state index contributed by atoms with van der Waals surface area (Å²) in [5.74, 6) is -0.180. The lowest BCUT2D eigenvalue weighted by Crippen LogP contribution is -2.13. The van der Waals surface area contributed by atoms with Gasteiger partial charge in [-0.05, 0) is 55.8 Å². The van der Waals surface area contributed by atoms with Crippen LogP contribution in [0, 0.1) is 13.8 Å². The number of benzene rings is 2. The maximum Gasteiger partial charge on any atom is 0.257 e. The second-order valence-electron chi connectivity index (χ2n) is 6.80. The molecule has 0 aliphatic heterocycles. The molecule has 0 aliphatic carbocycles. The van der Waals surface area contributed by atoms with Gasteiger partial charge in [-0.25, -0.2) is 0 Å². The van der Waals surface area contributed by atoms with Crippen molar-refractivity contribution in [3.63, 3.8) is 0 Å². The Labute approximate surface area is 160 Å². The van der Waals surface area contributed by atoms with Crippen LogP contribution in [0.15, 0.2) is 60.9 Å². The summed E-state index contributed by atoms with van der Waals surface area (Å²) in [4.78, 5) is 18.8. The normalized spacial score (nSPS) is 10.4. The van der Waals surface area contributed by atoms with Crippen molar-refractivity contribution in [1.29, 1.82) is 0 Å². The molecule has 2 N–H and O–H groups in total. The van der Waals surface area contributed by atoms with Crippen LogP contribution in [0.1, 0.15) is 21.5 Å².